The van der Waals surface area contributed by atoms with Gasteiger partial charge in [0.05, 0.1) is 24.9 Å². The van der Waals surface area contributed by atoms with Crippen molar-refractivity contribution in [2.75, 3.05) is 39.3 Å². The summed E-state index contributed by atoms with van der Waals surface area (Å²) in [5.41, 5.74) is 0. The molecule has 2 rings (SSSR count). The Bertz CT molecular complexity index is 922. The first kappa shape index (κ1) is 26.9. The monoisotopic (exact) mass is 501 g/mol. The SMILES string of the molecule is COC(=O)CCCNC(=O)[C@@H]1C[C@@H](NC(=O)CSC)CCN1S(=O)(=O)c1ccc(OC)cc1. The van der Waals surface area contributed by atoms with Gasteiger partial charge in [0.25, 0.3) is 0 Å². The molecule has 1 fully saturated rings. The van der Waals surface area contributed by atoms with Crippen LogP contribution in [0.2, 0.25) is 0 Å². The van der Waals surface area contributed by atoms with Gasteiger partial charge in [-0.25, -0.2) is 8.42 Å². The number of sulfonamides is 1. The van der Waals surface area contributed by atoms with Crippen molar-refractivity contribution in [1.82, 2.24) is 14.9 Å². The van der Waals surface area contributed by atoms with Crippen LogP contribution in [0.1, 0.15) is 25.7 Å². The number of hydrogen-bond acceptors (Lipinski definition) is 8. The molecule has 2 N–H and O–H groups in total. The van der Waals surface area contributed by atoms with Crippen LogP contribution < -0.4 is 15.4 Å². The molecule has 0 aliphatic carbocycles. The minimum atomic E-state index is -3.97. The Labute approximate surface area is 198 Å². The van der Waals surface area contributed by atoms with Gasteiger partial charge in [0.2, 0.25) is 21.8 Å². The molecular weight excluding hydrogens is 470 g/mol. The zero-order valence-corrected chi connectivity index (χ0v) is 20.7. The number of carbonyl (C=O) groups excluding carboxylic acids is 3. The van der Waals surface area contributed by atoms with Crippen molar-refractivity contribution >= 4 is 39.6 Å². The van der Waals surface area contributed by atoms with E-state index in [0.29, 0.717) is 18.6 Å². The number of hydrogen-bond donors (Lipinski definition) is 2. The van der Waals surface area contributed by atoms with Gasteiger partial charge >= 0.3 is 5.97 Å². The molecule has 0 bridgehead atoms. The van der Waals surface area contributed by atoms with E-state index >= 15 is 0 Å². The van der Waals surface area contributed by atoms with Crippen molar-refractivity contribution in [2.45, 2.75) is 42.7 Å². The summed E-state index contributed by atoms with van der Waals surface area (Å²) in [6.07, 6.45) is 2.86. The number of nitrogens with zero attached hydrogens (tertiary/aromatic N) is 1. The average Bonchev–Trinajstić information content (AvgIpc) is 2.81. The van der Waals surface area contributed by atoms with E-state index in [4.69, 9.17) is 4.74 Å². The molecule has 0 unspecified atom stereocenters. The Balaban J connectivity index is 2.18. The first-order valence-electron chi connectivity index (χ1n) is 10.5. The lowest BCUT2D eigenvalue weighted by atomic mass is 9.98. The molecule has 10 nitrogen and oxygen atoms in total. The van der Waals surface area contributed by atoms with Gasteiger partial charge in [-0.3, -0.25) is 14.4 Å². The van der Waals surface area contributed by atoms with Crippen molar-refractivity contribution in [1.29, 1.82) is 0 Å². The zero-order chi connectivity index (χ0) is 24.4. The van der Waals surface area contributed by atoms with Crippen molar-refractivity contribution in [3.8, 4) is 5.75 Å². The molecule has 2 amide bonds. The lowest BCUT2D eigenvalue weighted by Crippen LogP contribution is -2.57. The Morgan fingerprint density at radius 1 is 1.18 bits per heavy atom. The third-order valence-electron chi connectivity index (χ3n) is 5.25. The van der Waals surface area contributed by atoms with Crippen LogP contribution >= 0.6 is 11.8 Å². The highest BCUT2D eigenvalue weighted by Crippen LogP contribution is 2.27. The maximum Gasteiger partial charge on any atom is 0.305 e. The number of rotatable bonds is 11. The van der Waals surface area contributed by atoms with Crippen molar-refractivity contribution in [3.63, 3.8) is 0 Å². The maximum atomic E-state index is 13.3. The highest BCUT2D eigenvalue weighted by Gasteiger charge is 2.41. The van der Waals surface area contributed by atoms with Crippen LogP contribution in [0.4, 0.5) is 0 Å². The second kappa shape index (κ2) is 12.8. The summed E-state index contributed by atoms with van der Waals surface area (Å²) >= 11 is 1.38. The standard InChI is InChI=1S/C21H31N3O7S2/c1-30-16-6-8-17(9-7-16)33(28,29)24-12-10-15(23-19(25)14-32-3)13-18(24)21(27)22-11-4-5-20(26)31-2/h6-9,15,18H,4-5,10-14H2,1-3H3,(H,22,27)(H,23,25)/t15-,18-/m0/s1. The topological polar surface area (TPSA) is 131 Å². The third kappa shape index (κ3) is 7.61. The van der Waals surface area contributed by atoms with E-state index in [1.54, 1.807) is 12.1 Å². The second-order valence-electron chi connectivity index (χ2n) is 7.50. The number of carbonyl (C=O) groups is 3. The number of esters is 1. The fourth-order valence-electron chi connectivity index (χ4n) is 3.55. The van der Waals surface area contributed by atoms with Crippen LogP contribution in [-0.4, -0.2) is 81.9 Å². The van der Waals surface area contributed by atoms with Gasteiger partial charge in [-0.15, -0.1) is 0 Å². The maximum absolute atomic E-state index is 13.3. The van der Waals surface area contributed by atoms with Gasteiger partial charge in [-0.2, -0.15) is 16.1 Å². The molecule has 0 aromatic heterocycles. The van der Waals surface area contributed by atoms with Gasteiger partial charge in [-0.1, -0.05) is 0 Å². The molecule has 0 spiro atoms. The molecule has 33 heavy (non-hydrogen) atoms. The largest absolute Gasteiger partial charge is 0.497 e. The molecule has 1 aliphatic heterocycles. The molecule has 0 saturated carbocycles. The molecule has 1 aliphatic rings. The Morgan fingerprint density at radius 2 is 1.88 bits per heavy atom. The number of ether oxygens (including phenoxy) is 2. The van der Waals surface area contributed by atoms with E-state index in [0.717, 1.165) is 0 Å². The highest BCUT2D eigenvalue weighted by atomic mass is 32.2. The van der Waals surface area contributed by atoms with Crippen LogP contribution in [0.3, 0.4) is 0 Å². The van der Waals surface area contributed by atoms with Gasteiger partial charge in [0.15, 0.2) is 0 Å². The van der Waals surface area contributed by atoms with E-state index in [9.17, 15) is 22.8 Å². The Morgan fingerprint density at radius 3 is 2.48 bits per heavy atom. The first-order chi connectivity index (χ1) is 15.7. The van der Waals surface area contributed by atoms with Gasteiger partial charge in [-0.05, 0) is 49.8 Å². The number of nitrogens with one attached hydrogen (secondary N) is 2. The first-order valence-corrected chi connectivity index (χ1v) is 13.3. The molecule has 184 valence electrons. The Kier molecular flexibility index (Phi) is 10.5. The number of piperidine rings is 1. The Hall–Kier alpha value is -2.31. The molecule has 1 saturated heterocycles. The second-order valence-corrected chi connectivity index (χ2v) is 10.3. The summed E-state index contributed by atoms with van der Waals surface area (Å²) in [4.78, 5) is 36.3. The summed E-state index contributed by atoms with van der Waals surface area (Å²) in [5, 5.41) is 5.60. The van der Waals surface area contributed by atoms with Crippen LogP contribution in [-0.2, 0) is 29.1 Å². The number of methoxy groups -OCH3 is 2. The van der Waals surface area contributed by atoms with Crippen molar-refractivity contribution in [2.24, 2.45) is 0 Å². The molecule has 0 radical (unpaired) electrons. The van der Waals surface area contributed by atoms with E-state index in [1.165, 1.54) is 42.4 Å². The van der Waals surface area contributed by atoms with Crippen LogP contribution in [0.25, 0.3) is 0 Å². The number of thioether (sulfide) groups is 1. The lowest BCUT2D eigenvalue weighted by Gasteiger charge is -2.37. The zero-order valence-electron chi connectivity index (χ0n) is 19.0. The quantitative estimate of drug-likeness (QED) is 0.336. The van der Waals surface area contributed by atoms with E-state index < -0.39 is 22.0 Å². The number of benzene rings is 1. The van der Waals surface area contributed by atoms with Crippen molar-refractivity contribution in [3.05, 3.63) is 24.3 Å². The van der Waals surface area contributed by atoms with Gasteiger partial charge < -0.3 is 20.1 Å². The molecular formula is C21H31N3O7S2. The van der Waals surface area contributed by atoms with Crippen molar-refractivity contribution < 1.29 is 32.3 Å². The molecule has 12 heteroatoms. The fraction of sp³-hybridized carbons (Fsp3) is 0.571. The van der Waals surface area contributed by atoms with Gasteiger partial charge in [0, 0.05) is 25.6 Å². The third-order valence-corrected chi connectivity index (χ3v) is 7.72. The minimum absolute atomic E-state index is 0.0525. The smallest absolute Gasteiger partial charge is 0.305 e. The van der Waals surface area contributed by atoms with E-state index in [-0.39, 0.29) is 54.5 Å². The lowest BCUT2D eigenvalue weighted by molar-refractivity contribution is -0.140. The summed E-state index contributed by atoms with van der Waals surface area (Å²) in [5.74, 6) is -0.211. The average molecular weight is 502 g/mol. The molecule has 2 atom stereocenters. The van der Waals surface area contributed by atoms with Crippen LogP contribution in [0.5, 0.6) is 5.75 Å². The molecule has 1 aromatic rings. The fourth-order valence-corrected chi connectivity index (χ4v) is 5.51. The number of amides is 2. The summed E-state index contributed by atoms with van der Waals surface area (Å²) < 4.78 is 37.5. The normalized spacial score (nSPS) is 18.9. The summed E-state index contributed by atoms with van der Waals surface area (Å²) in [6, 6.07) is 4.65. The predicted octanol–water partition coefficient (Wildman–Crippen LogP) is 0.766. The minimum Gasteiger partial charge on any atom is -0.497 e. The predicted molar refractivity (Wildman–Crippen MR) is 124 cm³/mol. The summed E-state index contributed by atoms with van der Waals surface area (Å²) in [7, 11) is -1.19. The van der Waals surface area contributed by atoms with Crippen LogP contribution in [0.15, 0.2) is 29.2 Å². The molecule has 1 heterocycles. The van der Waals surface area contributed by atoms with E-state index in [2.05, 4.69) is 15.4 Å². The summed E-state index contributed by atoms with van der Waals surface area (Å²) in [6.45, 7) is 0.281. The highest BCUT2D eigenvalue weighted by molar-refractivity contribution is 7.99. The van der Waals surface area contributed by atoms with E-state index in [1.807, 2.05) is 6.26 Å². The van der Waals surface area contributed by atoms with Crippen LogP contribution in [0, 0.1) is 0 Å². The molecule has 1 aromatic carbocycles. The van der Waals surface area contributed by atoms with Gasteiger partial charge in [0.1, 0.15) is 11.8 Å².